The van der Waals surface area contributed by atoms with Crippen molar-refractivity contribution in [2.45, 2.75) is 40.2 Å². The molecule has 0 aliphatic carbocycles. The van der Waals surface area contributed by atoms with Crippen LogP contribution in [0.15, 0.2) is 23.1 Å². The van der Waals surface area contributed by atoms with E-state index in [1.807, 2.05) is 20.8 Å². The molecule has 0 amide bonds. The topological polar surface area (TPSA) is 87.0 Å². The van der Waals surface area contributed by atoms with Crippen molar-refractivity contribution in [3.8, 4) is 17.2 Å². The lowest BCUT2D eigenvalue weighted by atomic mass is 10.1. The van der Waals surface area contributed by atoms with Crippen LogP contribution < -0.4 is 19.8 Å². The Morgan fingerprint density at radius 2 is 1.65 bits per heavy atom. The Kier molecular flexibility index (Phi) is 6.49. The van der Waals surface area contributed by atoms with Gasteiger partial charge in [-0.05, 0) is 39.3 Å². The molecule has 7 nitrogen and oxygen atoms in total. The summed E-state index contributed by atoms with van der Waals surface area (Å²) in [5, 5.41) is 10.3. The summed E-state index contributed by atoms with van der Waals surface area (Å²) < 4.78 is 18.3. The van der Waals surface area contributed by atoms with Crippen LogP contribution >= 0.6 is 0 Å². The van der Waals surface area contributed by atoms with Gasteiger partial charge in [0.1, 0.15) is 6.04 Å². The molecule has 1 N–H and O–H groups in total. The molecule has 1 heterocycles. The van der Waals surface area contributed by atoms with Crippen LogP contribution in [0.1, 0.15) is 40.2 Å². The molecule has 0 saturated heterocycles. The maximum atomic E-state index is 13.0. The second-order valence-corrected chi connectivity index (χ2v) is 5.58. The van der Waals surface area contributed by atoms with E-state index in [0.29, 0.717) is 54.3 Å². The lowest BCUT2D eigenvalue weighted by Gasteiger charge is -2.19. The molecule has 0 aliphatic rings. The third kappa shape index (κ3) is 3.61. The minimum absolute atomic E-state index is 0.300. The average molecular weight is 363 g/mol. The van der Waals surface area contributed by atoms with Crippen LogP contribution in [0.3, 0.4) is 0 Å². The van der Waals surface area contributed by atoms with Gasteiger partial charge in [-0.1, -0.05) is 6.92 Å². The van der Waals surface area contributed by atoms with E-state index in [-0.39, 0.29) is 0 Å². The lowest BCUT2D eigenvalue weighted by Crippen LogP contribution is -2.29. The molecule has 0 bridgehead atoms. The van der Waals surface area contributed by atoms with Gasteiger partial charge in [0, 0.05) is 11.6 Å². The number of aromatic nitrogens is 1. The van der Waals surface area contributed by atoms with Crippen molar-refractivity contribution < 1.29 is 24.1 Å². The molecular weight excluding hydrogens is 338 g/mol. The molecule has 1 unspecified atom stereocenters. The van der Waals surface area contributed by atoms with Crippen molar-refractivity contribution in [3.05, 3.63) is 28.7 Å². The maximum Gasteiger partial charge on any atom is 0.326 e. The van der Waals surface area contributed by atoms with Gasteiger partial charge in [0.2, 0.25) is 5.75 Å². The van der Waals surface area contributed by atoms with Crippen molar-refractivity contribution >= 4 is 16.7 Å². The molecule has 1 aromatic carbocycles. The standard InChI is InChI=1S/C19H25NO6/c1-5-14(19(22)23)20-10-9-12-13(18(20)21)11-15(24-6-2)17(26-8-4)16(12)25-7-3/h9-11,14H,5-8H2,1-4H3,(H,22,23). The van der Waals surface area contributed by atoms with E-state index in [0.717, 1.165) is 0 Å². The number of ether oxygens (including phenoxy) is 3. The van der Waals surface area contributed by atoms with E-state index < -0.39 is 17.6 Å². The normalized spacial score (nSPS) is 12.0. The highest BCUT2D eigenvalue weighted by Crippen LogP contribution is 2.43. The highest BCUT2D eigenvalue weighted by molar-refractivity contribution is 5.92. The molecule has 1 atom stereocenters. The second-order valence-electron chi connectivity index (χ2n) is 5.58. The first-order valence-corrected chi connectivity index (χ1v) is 8.82. The molecule has 0 saturated carbocycles. The smallest absolute Gasteiger partial charge is 0.326 e. The minimum Gasteiger partial charge on any atom is -0.490 e. The van der Waals surface area contributed by atoms with Gasteiger partial charge in [-0.25, -0.2) is 4.79 Å². The van der Waals surface area contributed by atoms with Crippen molar-refractivity contribution in [1.82, 2.24) is 4.57 Å². The number of pyridine rings is 1. The Labute approximate surface area is 152 Å². The first-order valence-electron chi connectivity index (χ1n) is 8.82. The van der Waals surface area contributed by atoms with Crippen molar-refractivity contribution in [3.63, 3.8) is 0 Å². The molecule has 7 heteroatoms. The number of hydrogen-bond donors (Lipinski definition) is 1. The lowest BCUT2D eigenvalue weighted by molar-refractivity contribution is -0.141. The molecule has 0 spiro atoms. The number of carbonyl (C=O) groups is 1. The fourth-order valence-corrected chi connectivity index (χ4v) is 2.90. The molecule has 1 aromatic heterocycles. The third-order valence-electron chi connectivity index (χ3n) is 3.99. The van der Waals surface area contributed by atoms with Gasteiger partial charge in [0.05, 0.1) is 25.2 Å². The number of aliphatic carboxylic acids is 1. The summed E-state index contributed by atoms with van der Waals surface area (Å²) >= 11 is 0. The predicted molar refractivity (Wildman–Crippen MR) is 98.7 cm³/mol. The van der Waals surface area contributed by atoms with Crippen LogP contribution in [-0.4, -0.2) is 35.5 Å². The van der Waals surface area contributed by atoms with Crippen LogP contribution in [0.25, 0.3) is 10.8 Å². The number of carboxylic acids is 1. The minimum atomic E-state index is -1.05. The maximum absolute atomic E-state index is 13.0. The second kappa shape index (κ2) is 8.60. The van der Waals surface area contributed by atoms with Gasteiger partial charge in [-0.15, -0.1) is 0 Å². The zero-order valence-electron chi connectivity index (χ0n) is 15.6. The quantitative estimate of drug-likeness (QED) is 0.736. The molecule has 142 valence electrons. The monoisotopic (exact) mass is 363 g/mol. The van der Waals surface area contributed by atoms with E-state index in [2.05, 4.69) is 0 Å². The van der Waals surface area contributed by atoms with Gasteiger partial charge in [0.15, 0.2) is 11.5 Å². The Hall–Kier alpha value is -2.70. The Balaban J connectivity index is 2.83. The summed E-state index contributed by atoms with van der Waals surface area (Å²) in [6, 6.07) is 2.36. The predicted octanol–water partition coefficient (Wildman–Crippen LogP) is 3.23. The van der Waals surface area contributed by atoms with Gasteiger partial charge in [-0.2, -0.15) is 0 Å². The number of hydrogen-bond acceptors (Lipinski definition) is 5. The van der Waals surface area contributed by atoms with Crippen molar-refractivity contribution in [2.75, 3.05) is 19.8 Å². The zero-order valence-corrected chi connectivity index (χ0v) is 15.6. The van der Waals surface area contributed by atoms with Crippen LogP contribution in [0.5, 0.6) is 17.2 Å². The highest BCUT2D eigenvalue weighted by Gasteiger charge is 2.23. The molecule has 2 rings (SSSR count). The third-order valence-corrected chi connectivity index (χ3v) is 3.99. The SMILES string of the molecule is CCOc1cc2c(=O)n(C(CC)C(=O)O)ccc2c(OCC)c1OCC. The first kappa shape index (κ1) is 19.6. The van der Waals surface area contributed by atoms with Crippen LogP contribution in [-0.2, 0) is 4.79 Å². The van der Waals surface area contributed by atoms with E-state index in [1.54, 1.807) is 19.1 Å². The average Bonchev–Trinajstić information content (AvgIpc) is 2.60. The van der Waals surface area contributed by atoms with E-state index in [1.165, 1.54) is 10.8 Å². The van der Waals surface area contributed by atoms with Crippen LogP contribution in [0.4, 0.5) is 0 Å². The number of nitrogens with zero attached hydrogens (tertiary/aromatic N) is 1. The highest BCUT2D eigenvalue weighted by atomic mass is 16.5. The van der Waals surface area contributed by atoms with Gasteiger partial charge in [-0.3, -0.25) is 4.79 Å². The summed E-state index contributed by atoms with van der Waals surface area (Å²) in [5.74, 6) is 0.243. The Bertz CT molecular complexity index is 842. The number of fused-ring (bicyclic) bond motifs is 1. The summed E-state index contributed by atoms with van der Waals surface area (Å²) in [6.07, 6.45) is 1.79. The number of rotatable bonds is 9. The Morgan fingerprint density at radius 3 is 2.19 bits per heavy atom. The van der Waals surface area contributed by atoms with Crippen molar-refractivity contribution in [2.24, 2.45) is 0 Å². The molecule has 0 aliphatic heterocycles. The molecule has 0 radical (unpaired) electrons. The van der Waals surface area contributed by atoms with Gasteiger partial charge in [0.25, 0.3) is 5.56 Å². The fourth-order valence-electron chi connectivity index (χ4n) is 2.90. The molecule has 0 fully saturated rings. The van der Waals surface area contributed by atoms with Crippen LogP contribution in [0.2, 0.25) is 0 Å². The fraction of sp³-hybridized carbons (Fsp3) is 0.474. The van der Waals surface area contributed by atoms with Gasteiger partial charge >= 0.3 is 5.97 Å². The molecule has 2 aromatic rings. The molecule has 26 heavy (non-hydrogen) atoms. The van der Waals surface area contributed by atoms with E-state index in [9.17, 15) is 14.7 Å². The van der Waals surface area contributed by atoms with Crippen LogP contribution in [0, 0.1) is 0 Å². The Morgan fingerprint density at radius 1 is 1.04 bits per heavy atom. The van der Waals surface area contributed by atoms with E-state index >= 15 is 0 Å². The van der Waals surface area contributed by atoms with Gasteiger partial charge < -0.3 is 23.9 Å². The summed E-state index contributed by atoms with van der Waals surface area (Å²) in [6.45, 7) is 8.46. The van der Waals surface area contributed by atoms with E-state index in [4.69, 9.17) is 14.2 Å². The summed E-state index contributed by atoms with van der Waals surface area (Å²) in [4.78, 5) is 24.4. The molecular formula is C19H25NO6. The zero-order chi connectivity index (χ0) is 19.3. The van der Waals surface area contributed by atoms with Crippen molar-refractivity contribution in [1.29, 1.82) is 0 Å². The summed E-state index contributed by atoms with van der Waals surface area (Å²) in [7, 11) is 0. The summed E-state index contributed by atoms with van der Waals surface area (Å²) in [5.41, 5.74) is -0.401. The first-order chi connectivity index (χ1) is 12.5. The largest absolute Gasteiger partial charge is 0.490 e. The number of carboxylic acid groups (broad SMARTS) is 1. The number of benzene rings is 1.